The average Bonchev–Trinajstić information content (AvgIpc) is 3.29. The van der Waals surface area contributed by atoms with E-state index in [1.165, 1.54) is 0 Å². The number of carbonyl (C=O) groups is 1. The molecule has 0 fully saturated rings. The number of hydrogen-bond acceptors (Lipinski definition) is 4. The summed E-state index contributed by atoms with van der Waals surface area (Å²) in [7, 11) is 4.02. The Morgan fingerprint density at radius 1 is 1.11 bits per heavy atom. The number of benzene rings is 2. The highest BCUT2D eigenvalue weighted by atomic mass is 16.3. The Hall–Kier alpha value is -3.54. The van der Waals surface area contributed by atoms with Gasteiger partial charge in [0.15, 0.2) is 5.76 Å². The summed E-state index contributed by atoms with van der Waals surface area (Å²) >= 11 is 0. The molecule has 0 saturated carbocycles. The van der Waals surface area contributed by atoms with Crippen LogP contribution >= 0.6 is 0 Å². The highest BCUT2D eigenvalue weighted by Crippen LogP contribution is 2.20. The largest absolute Gasteiger partial charge is 0.451 e. The standard InChI is InChI=1S/C21H20N4O2/c1-24(2)17-9-7-15(8-10-17)14-25-20(11-12-22-25)23-21(26)19-13-16-5-3-4-6-18(16)27-19/h3-13H,14H2,1-2H3,(H,23,26). The summed E-state index contributed by atoms with van der Waals surface area (Å²) in [6, 6.07) is 19.3. The van der Waals surface area contributed by atoms with Gasteiger partial charge in [-0.05, 0) is 29.8 Å². The molecule has 6 nitrogen and oxygen atoms in total. The van der Waals surface area contributed by atoms with Crippen LogP contribution in [0.2, 0.25) is 0 Å². The quantitative estimate of drug-likeness (QED) is 0.584. The van der Waals surface area contributed by atoms with Gasteiger partial charge in [-0.2, -0.15) is 5.10 Å². The molecule has 0 aliphatic carbocycles. The summed E-state index contributed by atoms with van der Waals surface area (Å²) in [5, 5.41) is 8.10. The van der Waals surface area contributed by atoms with Gasteiger partial charge in [-0.3, -0.25) is 4.79 Å². The third-order valence-electron chi connectivity index (χ3n) is 4.39. The van der Waals surface area contributed by atoms with E-state index in [2.05, 4.69) is 39.6 Å². The lowest BCUT2D eigenvalue weighted by Gasteiger charge is -2.13. The van der Waals surface area contributed by atoms with Crippen molar-refractivity contribution in [2.75, 3.05) is 24.3 Å². The minimum absolute atomic E-state index is 0.277. The van der Waals surface area contributed by atoms with Gasteiger partial charge in [0.2, 0.25) is 0 Å². The molecule has 1 amide bonds. The van der Waals surface area contributed by atoms with Crippen molar-refractivity contribution in [2.45, 2.75) is 6.54 Å². The van der Waals surface area contributed by atoms with Gasteiger partial charge < -0.3 is 14.6 Å². The van der Waals surface area contributed by atoms with Gasteiger partial charge in [0, 0.05) is 31.2 Å². The Bertz CT molecular complexity index is 1040. The Morgan fingerprint density at radius 3 is 2.63 bits per heavy atom. The molecule has 6 heteroatoms. The lowest BCUT2D eigenvalue weighted by Crippen LogP contribution is -2.15. The smallest absolute Gasteiger partial charge is 0.292 e. The summed E-state index contributed by atoms with van der Waals surface area (Å²) in [6.07, 6.45) is 1.67. The molecule has 0 aliphatic rings. The van der Waals surface area contributed by atoms with E-state index in [1.807, 2.05) is 38.4 Å². The first-order valence-electron chi connectivity index (χ1n) is 8.68. The summed E-state index contributed by atoms with van der Waals surface area (Å²) < 4.78 is 7.38. The first kappa shape index (κ1) is 16.9. The van der Waals surface area contributed by atoms with Crippen molar-refractivity contribution in [1.29, 1.82) is 0 Å². The molecule has 0 aliphatic heterocycles. The van der Waals surface area contributed by atoms with Gasteiger partial charge in [0.25, 0.3) is 5.91 Å². The van der Waals surface area contributed by atoms with Gasteiger partial charge in [-0.15, -0.1) is 0 Å². The zero-order valence-electron chi connectivity index (χ0n) is 15.2. The van der Waals surface area contributed by atoms with Gasteiger partial charge >= 0.3 is 0 Å². The molecule has 4 rings (SSSR count). The van der Waals surface area contributed by atoms with Crippen LogP contribution in [0.1, 0.15) is 16.1 Å². The molecule has 2 aromatic carbocycles. The van der Waals surface area contributed by atoms with Gasteiger partial charge in [0.1, 0.15) is 11.4 Å². The Morgan fingerprint density at radius 2 is 1.89 bits per heavy atom. The number of nitrogens with one attached hydrogen (secondary N) is 1. The highest BCUT2D eigenvalue weighted by Gasteiger charge is 2.14. The van der Waals surface area contributed by atoms with E-state index < -0.39 is 0 Å². The van der Waals surface area contributed by atoms with E-state index in [-0.39, 0.29) is 11.7 Å². The first-order valence-corrected chi connectivity index (χ1v) is 8.68. The third-order valence-corrected chi connectivity index (χ3v) is 4.39. The zero-order valence-corrected chi connectivity index (χ0v) is 15.2. The number of amides is 1. The van der Waals surface area contributed by atoms with Crippen molar-refractivity contribution in [1.82, 2.24) is 9.78 Å². The van der Waals surface area contributed by atoms with Crippen molar-refractivity contribution in [3.05, 3.63) is 78.2 Å². The summed E-state index contributed by atoms with van der Waals surface area (Å²) in [4.78, 5) is 14.6. The van der Waals surface area contributed by atoms with Crippen LogP contribution in [0.15, 0.2) is 71.3 Å². The normalized spacial score (nSPS) is 10.9. The van der Waals surface area contributed by atoms with Gasteiger partial charge in [-0.25, -0.2) is 4.68 Å². The Kier molecular flexibility index (Phi) is 4.38. The average molecular weight is 360 g/mol. The lowest BCUT2D eigenvalue weighted by molar-refractivity contribution is 0.0997. The molecular formula is C21H20N4O2. The van der Waals surface area contributed by atoms with Gasteiger partial charge in [-0.1, -0.05) is 30.3 Å². The zero-order chi connectivity index (χ0) is 18.8. The van der Waals surface area contributed by atoms with E-state index in [0.29, 0.717) is 17.9 Å². The SMILES string of the molecule is CN(C)c1ccc(Cn2nccc2NC(=O)c2cc3ccccc3o2)cc1. The molecule has 2 heterocycles. The maximum Gasteiger partial charge on any atom is 0.292 e. The fourth-order valence-corrected chi connectivity index (χ4v) is 2.91. The number of nitrogens with zero attached hydrogens (tertiary/aromatic N) is 3. The lowest BCUT2D eigenvalue weighted by atomic mass is 10.2. The molecule has 0 atom stereocenters. The molecule has 0 unspecified atom stereocenters. The number of hydrogen-bond donors (Lipinski definition) is 1. The molecule has 1 N–H and O–H groups in total. The van der Waals surface area contributed by atoms with Crippen LogP contribution in [0.5, 0.6) is 0 Å². The Labute approximate surface area is 157 Å². The number of para-hydroxylation sites is 1. The van der Waals surface area contributed by atoms with Crippen LogP contribution in [0, 0.1) is 0 Å². The number of furan rings is 1. The van der Waals surface area contributed by atoms with E-state index in [1.54, 1.807) is 23.0 Å². The molecule has 2 aromatic heterocycles. The van der Waals surface area contributed by atoms with Crippen LogP contribution in [0.4, 0.5) is 11.5 Å². The van der Waals surface area contributed by atoms with Crippen LogP contribution in [0.25, 0.3) is 11.0 Å². The van der Waals surface area contributed by atoms with Crippen LogP contribution in [-0.2, 0) is 6.54 Å². The second-order valence-corrected chi connectivity index (χ2v) is 6.54. The van der Waals surface area contributed by atoms with Crippen molar-refractivity contribution < 1.29 is 9.21 Å². The monoisotopic (exact) mass is 360 g/mol. The maximum absolute atomic E-state index is 12.6. The maximum atomic E-state index is 12.6. The Balaban J connectivity index is 1.50. The van der Waals surface area contributed by atoms with Crippen molar-refractivity contribution in [3.63, 3.8) is 0 Å². The van der Waals surface area contributed by atoms with Gasteiger partial charge in [0.05, 0.1) is 12.7 Å². The van der Waals surface area contributed by atoms with Crippen molar-refractivity contribution in [3.8, 4) is 0 Å². The topological polar surface area (TPSA) is 63.3 Å². The van der Waals surface area contributed by atoms with Crippen molar-refractivity contribution in [2.24, 2.45) is 0 Å². The minimum Gasteiger partial charge on any atom is -0.451 e. The number of fused-ring (bicyclic) bond motifs is 1. The number of anilines is 2. The molecule has 0 saturated heterocycles. The predicted molar refractivity (Wildman–Crippen MR) is 106 cm³/mol. The summed E-state index contributed by atoms with van der Waals surface area (Å²) in [5.41, 5.74) is 2.93. The second-order valence-electron chi connectivity index (χ2n) is 6.54. The van der Waals surface area contributed by atoms with Crippen LogP contribution in [0.3, 0.4) is 0 Å². The molecule has 27 heavy (non-hydrogen) atoms. The van der Waals surface area contributed by atoms with Crippen LogP contribution < -0.4 is 10.2 Å². The fourth-order valence-electron chi connectivity index (χ4n) is 2.91. The van der Waals surface area contributed by atoms with Crippen LogP contribution in [-0.4, -0.2) is 29.8 Å². The molecule has 0 spiro atoms. The number of carbonyl (C=O) groups excluding carboxylic acids is 1. The second kappa shape index (κ2) is 6.99. The molecule has 136 valence electrons. The number of aromatic nitrogens is 2. The highest BCUT2D eigenvalue weighted by molar-refractivity contribution is 6.04. The molecule has 0 radical (unpaired) electrons. The van der Waals surface area contributed by atoms with E-state index in [0.717, 1.165) is 16.6 Å². The van der Waals surface area contributed by atoms with Crippen molar-refractivity contribution >= 4 is 28.4 Å². The molecule has 4 aromatic rings. The minimum atomic E-state index is -0.295. The number of rotatable bonds is 5. The van der Waals surface area contributed by atoms with E-state index >= 15 is 0 Å². The summed E-state index contributed by atoms with van der Waals surface area (Å²) in [5.74, 6) is 0.604. The van der Waals surface area contributed by atoms with E-state index in [9.17, 15) is 4.79 Å². The summed E-state index contributed by atoms with van der Waals surface area (Å²) in [6.45, 7) is 0.566. The predicted octanol–water partition coefficient (Wildman–Crippen LogP) is 4.00. The first-order chi connectivity index (χ1) is 13.1. The van der Waals surface area contributed by atoms with E-state index in [4.69, 9.17) is 4.42 Å². The molecule has 0 bridgehead atoms. The molecular weight excluding hydrogens is 340 g/mol. The third kappa shape index (κ3) is 3.55. The fraction of sp³-hybridized carbons (Fsp3) is 0.143.